The molecule has 0 aliphatic rings. The van der Waals surface area contributed by atoms with E-state index in [1.807, 2.05) is 0 Å². The van der Waals surface area contributed by atoms with E-state index in [-0.39, 0.29) is 18.9 Å². The van der Waals surface area contributed by atoms with E-state index in [2.05, 4.69) is 18.8 Å². The van der Waals surface area contributed by atoms with Crippen LogP contribution >= 0.6 is 12.0 Å². The minimum atomic E-state index is -8.14. The number of ether oxygens (including phenoxy) is 2. The average molecular weight is 832 g/mol. The number of carbonyl (C=O) groups excluding carboxylic acids is 2. The third kappa shape index (κ3) is 9.08. The summed E-state index contributed by atoms with van der Waals surface area (Å²) in [5.41, 5.74) is 0. The number of carbonyl (C=O) groups is 2. The molecule has 0 radical (unpaired) electrons. The Morgan fingerprint density at radius 1 is 0.529 bits per heavy atom. The van der Waals surface area contributed by atoms with E-state index < -0.39 is 121 Å². The predicted octanol–water partition coefficient (Wildman–Crippen LogP) is 3.59. The van der Waals surface area contributed by atoms with Crippen LogP contribution in [0.15, 0.2) is 0 Å². The molecule has 0 aromatic heterocycles. The number of rotatable bonds is 20. The summed E-state index contributed by atoms with van der Waals surface area (Å²) < 4.78 is 326. The van der Waals surface area contributed by atoms with Gasteiger partial charge in [0.15, 0.2) is 13.2 Å². The molecule has 1 unspecified atom stereocenters. The van der Waals surface area contributed by atoms with E-state index in [1.54, 1.807) is 0 Å². The van der Waals surface area contributed by atoms with Gasteiger partial charge in [-0.3, -0.25) is 14.6 Å². The van der Waals surface area contributed by atoms with Crippen molar-refractivity contribution in [3.05, 3.63) is 0 Å². The van der Waals surface area contributed by atoms with Crippen molar-refractivity contribution in [1.29, 1.82) is 0 Å². The summed E-state index contributed by atoms with van der Waals surface area (Å²) >= 11 is -1.12. The third-order valence-electron chi connectivity index (χ3n) is 5.49. The van der Waals surface area contributed by atoms with Crippen LogP contribution < -0.4 is 24.1 Å². The summed E-state index contributed by atoms with van der Waals surface area (Å²) in [7, 11) is 0. The fourth-order valence-electron chi connectivity index (χ4n) is 2.58. The Bertz CT molecular complexity index is 1190. The average Bonchev–Trinajstić information content (AvgIpc) is 2.95. The smallest absolute Gasteiger partial charge is 0.691 e. The maximum absolute atomic E-state index is 13.8. The molecule has 0 bridgehead atoms. The van der Waals surface area contributed by atoms with Crippen LogP contribution in [0.2, 0.25) is 0 Å². The van der Waals surface area contributed by atoms with Gasteiger partial charge in [-0.2, -0.15) is 92.1 Å². The fourth-order valence-corrected chi connectivity index (χ4v) is 3.06. The molecular formula is C18H9F24LiO7S. The number of alkyl halides is 24. The van der Waals surface area contributed by atoms with Gasteiger partial charge in [-0.05, 0) is 0 Å². The van der Waals surface area contributed by atoms with Gasteiger partial charge < -0.3 is 14.7 Å². The van der Waals surface area contributed by atoms with E-state index in [0.717, 1.165) is 0 Å². The van der Waals surface area contributed by atoms with Crippen molar-refractivity contribution in [3.63, 3.8) is 0 Å². The first kappa shape index (κ1) is 51.2. The zero-order valence-corrected chi connectivity index (χ0v) is 24.0. The van der Waals surface area contributed by atoms with Gasteiger partial charge >= 0.3 is 103 Å². The van der Waals surface area contributed by atoms with Crippen molar-refractivity contribution < 1.29 is 158 Å². The van der Waals surface area contributed by atoms with Crippen molar-refractivity contribution in [2.45, 2.75) is 83.7 Å². The molecule has 0 aromatic rings. The SMILES string of the molecule is O=C(CC(SOO[O-])C(=O)OCC(F)(F)C(F)(F)C(F)(F)C(F)(F)C(F)(F)C(F)F)OCC(F)(F)C(F)(F)C(F)(F)C(F)(F)C(F)(F)C(F)F.[Li+]. The molecule has 0 fully saturated rings. The molecule has 0 saturated carbocycles. The molecular weight excluding hydrogens is 823 g/mol. The van der Waals surface area contributed by atoms with E-state index in [9.17, 15) is 120 Å². The molecule has 298 valence electrons. The molecule has 0 amide bonds. The van der Waals surface area contributed by atoms with Gasteiger partial charge in [-0.15, -0.1) is 0 Å². The normalized spacial score (nSPS) is 15.5. The molecule has 0 spiro atoms. The molecule has 0 rings (SSSR count). The first-order valence-corrected chi connectivity index (χ1v) is 11.9. The maximum Gasteiger partial charge on any atom is 1.00 e. The summed E-state index contributed by atoms with van der Waals surface area (Å²) in [5, 5.41) is 9.20. The molecule has 0 aliphatic carbocycles. The van der Waals surface area contributed by atoms with Gasteiger partial charge in [0.1, 0.15) is 5.25 Å². The Labute approximate surface area is 279 Å². The van der Waals surface area contributed by atoms with Crippen molar-refractivity contribution in [2.24, 2.45) is 0 Å². The Kier molecular flexibility index (Phi) is 16.3. The summed E-state index contributed by atoms with van der Waals surface area (Å²) in [6.07, 6.45) is -14.1. The van der Waals surface area contributed by atoms with Crippen LogP contribution in [0.3, 0.4) is 0 Å². The van der Waals surface area contributed by atoms with Gasteiger partial charge in [0.25, 0.3) is 0 Å². The van der Waals surface area contributed by atoms with Crippen LogP contribution in [0.1, 0.15) is 6.42 Å². The summed E-state index contributed by atoms with van der Waals surface area (Å²) in [4.78, 5) is 23.4. The molecule has 1 atom stereocenters. The number of hydrogen-bond acceptors (Lipinski definition) is 8. The van der Waals surface area contributed by atoms with Gasteiger partial charge in [0.05, 0.1) is 6.42 Å². The summed E-state index contributed by atoms with van der Waals surface area (Å²) in [6, 6.07) is 0. The van der Waals surface area contributed by atoms with Crippen LogP contribution in [0, 0.1) is 0 Å². The first-order chi connectivity index (χ1) is 21.8. The molecule has 0 aromatic carbocycles. The van der Waals surface area contributed by atoms with Crippen LogP contribution in [-0.2, 0) is 28.4 Å². The van der Waals surface area contributed by atoms with Gasteiger partial charge in [-0.25, -0.2) is 17.6 Å². The van der Waals surface area contributed by atoms with Gasteiger partial charge in [0, 0.05) is 12.0 Å². The molecule has 0 saturated heterocycles. The zero-order chi connectivity index (χ0) is 40.5. The summed E-state index contributed by atoms with van der Waals surface area (Å²) in [6.45, 7) is -7.36. The molecule has 33 heteroatoms. The van der Waals surface area contributed by atoms with E-state index in [1.165, 1.54) is 0 Å². The molecule has 51 heavy (non-hydrogen) atoms. The number of esters is 2. The van der Waals surface area contributed by atoms with E-state index in [0.29, 0.717) is 0 Å². The Balaban J connectivity index is 0. The Morgan fingerprint density at radius 3 is 1.14 bits per heavy atom. The minimum Gasteiger partial charge on any atom is -0.691 e. The van der Waals surface area contributed by atoms with Crippen LogP contribution in [-0.4, -0.2) is 102 Å². The maximum atomic E-state index is 13.8. The van der Waals surface area contributed by atoms with Gasteiger partial charge in [-0.1, -0.05) is 0 Å². The second-order valence-corrected chi connectivity index (χ2v) is 9.79. The van der Waals surface area contributed by atoms with Crippen LogP contribution in [0.5, 0.6) is 0 Å². The largest absolute Gasteiger partial charge is 1.00 e. The second-order valence-electron chi connectivity index (χ2n) is 8.90. The number of hydrogen-bond donors (Lipinski definition) is 0. The monoisotopic (exact) mass is 832 g/mol. The van der Waals surface area contributed by atoms with E-state index in [4.69, 9.17) is 0 Å². The molecule has 0 N–H and O–H groups in total. The van der Waals surface area contributed by atoms with Crippen LogP contribution in [0.25, 0.3) is 0 Å². The first-order valence-electron chi connectivity index (χ1n) is 11.1. The topological polar surface area (TPSA) is 94.1 Å². The zero-order valence-electron chi connectivity index (χ0n) is 23.2. The Hall–Kier alpha value is -1.91. The van der Waals surface area contributed by atoms with Crippen LogP contribution in [0.4, 0.5) is 105 Å². The quantitative estimate of drug-likeness (QED) is 0.0460. The second kappa shape index (κ2) is 16.2. The fraction of sp³-hybridized carbons (Fsp3) is 0.889. The standard InChI is InChI=1S/C18H10F24O7S.Li/c19-7(20)11(27,28)15(35,36)17(39,40)13(31,32)9(23,24)2-46-5(43)1-4(50-49-48-45)6(44)47-3-10(25,26)14(33,34)18(41,42)16(37,38)12(29,30)8(21)22;/h4,7-8,45H,1-3H2;/q;+1/p-1. The molecule has 0 heterocycles. The molecule has 0 aliphatic heterocycles. The van der Waals surface area contributed by atoms with Crippen molar-refractivity contribution in [2.75, 3.05) is 13.2 Å². The van der Waals surface area contributed by atoms with Crippen molar-refractivity contribution in [1.82, 2.24) is 0 Å². The summed E-state index contributed by atoms with van der Waals surface area (Å²) in [5.74, 6) is -82.6. The minimum absolute atomic E-state index is 0. The van der Waals surface area contributed by atoms with E-state index >= 15 is 0 Å². The Morgan fingerprint density at radius 2 is 0.843 bits per heavy atom. The molecule has 7 nitrogen and oxygen atoms in total. The van der Waals surface area contributed by atoms with Crippen molar-refractivity contribution >= 4 is 24.0 Å². The number of halogens is 24. The predicted molar refractivity (Wildman–Crippen MR) is 102 cm³/mol. The van der Waals surface area contributed by atoms with Gasteiger partial charge in [0.2, 0.25) is 0 Å². The third-order valence-corrected chi connectivity index (χ3v) is 6.22. The van der Waals surface area contributed by atoms with Crippen molar-refractivity contribution in [3.8, 4) is 0 Å².